The van der Waals surface area contributed by atoms with Gasteiger partial charge in [0.2, 0.25) is 0 Å². The number of rotatable bonds is 4. The first-order valence-corrected chi connectivity index (χ1v) is 7.43. The number of pyridine rings is 1. The second kappa shape index (κ2) is 5.42. The summed E-state index contributed by atoms with van der Waals surface area (Å²) in [6, 6.07) is 9.03. The van der Waals surface area contributed by atoms with Crippen LogP contribution in [0.2, 0.25) is 0 Å². The number of sulfonamides is 1. The Kier molecular flexibility index (Phi) is 3.85. The number of hydrogen-bond acceptors (Lipinski definition) is 4. The van der Waals surface area contributed by atoms with Crippen LogP contribution in [0.3, 0.4) is 0 Å². The maximum absolute atomic E-state index is 12.2. The van der Waals surface area contributed by atoms with E-state index in [4.69, 9.17) is 0 Å². The molecule has 0 spiro atoms. The van der Waals surface area contributed by atoms with Crippen LogP contribution in [0.5, 0.6) is 0 Å². The van der Waals surface area contributed by atoms with Crippen molar-refractivity contribution in [1.82, 2.24) is 4.98 Å². The predicted octanol–water partition coefficient (Wildman–Crippen LogP) is 2.39. The first-order valence-electron chi connectivity index (χ1n) is 5.95. The Hall–Kier alpha value is -2.21. The van der Waals surface area contributed by atoms with Gasteiger partial charge < -0.3 is 0 Å². The van der Waals surface area contributed by atoms with E-state index in [1.54, 1.807) is 19.1 Å². The third-order valence-electron chi connectivity index (χ3n) is 2.72. The molecule has 0 aliphatic rings. The number of Topliss-reactive ketones (excluding diaryl/α,β-unsaturated/α-hetero) is 1. The van der Waals surface area contributed by atoms with E-state index < -0.39 is 10.0 Å². The summed E-state index contributed by atoms with van der Waals surface area (Å²) in [6.45, 7) is 3.21. The topological polar surface area (TPSA) is 76.1 Å². The zero-order chi connectivity index (χ0) is 14.8. The molecule has 0 fully saturated rings. The largest absolute Gasteiger partial charge is 0.295 e. The summed E-state index contributed by atoms with van der Waals surface area (Å²) in [5, 5.41) is 0. The first-order chi connectivity index (χ1) is 9.38. The molecule has 0 saturated carbocycles. The lowest BCUT2D eigenvalue weighted by Crippen LogP contribution is -2.13. The number of hydrogen-bond donors (Lipinski definition) is 1. The quantitative estimate of drug-likeness (QED) is 0.877. The molecule has 1 aromatic carbocycles. The number of carbonyl (C=O) groups is 1. The van der Waals surface area contributed by atoms with Gasteiger partial charge in [0.15, 0.2) is 5.78 Å². The van der Waals surface area contributed by atoms with Gasteiger partial charge in [-0.25, -0.2) is 8.42 Å². The Morgan fingerprint density at radius 2 is 1.80 bits per heavy atom. The van der Waals surface area contributed by atoms with Gasteiger partial charge in [-0.3, -0.25) is 14.5 Å². The molecule has 5 nitrogen and oxygen atoms in total. The van der Waals surface area contributed by atoms with E-state index in [2.05, 4.69) is 9.71 Å². The second-order valence-corrected chi connectivity index (χ2v) is 6.05. The van der Waals surface area contributed by atoms with Crippen LogP contribution in [-0.4, -0.2) is 19.2 Å². The van der Waals surface area contributed by atoms with Gasteiger partial charge in [-0.1, -0.05) is 12.1 Å². The molecule has 0 unspecified atom stereocenters. The summed E-state index contributed by atoms with van der Waals surface area (Å²) in [7, 11) is -3.66. The molecular formula is C14H14N2O3S. The molecule has 2 rings (SSSR count). The Labute approximate surface area is 117 Å². The van der Waals surface area contributed by atoms with Crippen LogP contribution < -0.4 is 4.72 Å². The average molecular weight is 290 g/mol. The van der Waals surface area contributed by atoms with Gasteiger partial charge in [0.05, 0.1) is 10.6 Å². The lowest BCUT2D eigenvalue weighted by atomic mass is 10.2. The zero-order valence-electron chi connectivity index (χ0n) is 11.1. The molecule has 0 radical (unpaired) electrons. The van der Waals surface area contributed by atoms with Crippen molar-refractivity contribution >= 4 is 21.5 Å². The van der Waals surface area contributed by atoms with E-state index >= 15 is 0 Å². The lowest BCUT2D eigenvalue weighted by Gasteiger charge is -2.08. The molecule has 2 aromatic rings. The van der Waals surface area contributed by atoms with Gasteiger partial charge in [-0.2, -0.15) is 0 Å². The van der Waals surface area contributed by atoms with Crippen molar-refractivity contribution in [2.75, 3.05) is 4.72 Å². The molecule has 1 N–H and O–H groups in total. The third-order valence-corrected chi connectivity index (χ3v) is 4.12. The highest BCUT2D eigenvalue weighted by molar-refractivity contribution is 7.92. The maximum atomic E-state index is 12.2. The normalized spacial score (nSPS) is 11.1. The number of aryl methyl sites for hydroxylation is 1. The van der Waals surface area contributed by atoms with Gasteiger partial charge >= 0.3 is 0 Å². The smallest absolute Gasteiger partial charge is 0.261 e. The van der Waals surface area contributed by atoms with Gasteiger partial charge in [0.25, 0.3) is 10.0 Å². The average Bonchev–Trinajstić information content (AvgIpc) is 2.38. The monoisotopic (exact) mass is 290 g/mol. The van der Waals surface area contributed by atoms with Crippen molar-refractivity contribution in [2.24, 2.45) is 0 Å². The molecule has 20 heavy (non-hydrogen) atoms. The molecule has 0 aliphatic heterocycles. The number of nitrogens with zero attached hydrogens (tertiary/aromatic N) is 1. The number of anilines is 1. The highest BCUT2D eigenvalue weighted by atomic mass is 32.2. The summed E-state index contributed by atoms with van der Waals surface area (Å²) in [5.74, 6) is -0.105. The molecule has 0 aliphatic carbocycles. The fraction of sp³-hybridized carbons (Fsp3) is 0.143. The first kappa shape index (κ1) is 14.2. The SMILES string of the molecule is CC(=O)c1ccc(S(=O)(=O)Nc2ccnc(C)c2)cc1. The standard InChI is InChI=1S/C14H14N2O3S/c1-10-9-13(7-8-15-10)16-20(18,19)14-5-3-12(4-6-14)11(2)17/h3-9H,1-2H3,(H,15,16). The van der Waals surface area contributed by atoms with Crippen molar-refractivity contribution in [3.8, 4) is 0 Å². The summed E-state index contributed by atoms with van der Waals surface area (Å²) in [6.07, 6.45) is 1.53. The summed E-state index contributed by atoms with van der Waals surface area (Å²) < 4.78 is 26.8. The Morgan fingerprint density at radius 3 is 2.35 bits per heavy atom. The number of carbonyl (C=O) groups excluding carboxylic acids is 1. The van der Waals surface area contributed by atoms with E-state index in [9.17, 15) is 13.2 Å². The number of nitrogens with one attached hydrogen (secondary N) is 1. The van der Waals surface area contributed by atoms with Crippen molar-refractivity contribution in [3.63, 3.8) is 0 Å². The molecule has 0 atom stereocenters. The highest BCUT2D eigenvalue weighted by Crippen LogP contribution is 2.16. The van der Waals surface area contributed by atoms with Crippen LogP contribution in [0.15, 0.2) is 47.5 Å². The van der Waals surface area contributed by atoms with E-state index in [1.807, 2.05) is 0 Å². The minimum Gasteiger partial charge on any atom is -0.295 e. The van der Waals surface area contributed by atoms with Gasteiger partial charge in [0.1, 0.15) is 0 Å². The van der Waals surface area contributed by atoms with E-state index in [-0.39, 0.29) is 10.7 Å². The van der Waals surface area contributed by atoms with E-state index in [0.29, 0.717) is 11.3 Å². The minimum absolute atomic E-state index is 0.105. The molecule has 1 aromatic heterocycles. The van der Waals surface area contributed by atoms with Crippen molar-refractivity contribution < 1.29 is 13.2 Å². The van der Waals surface area contributed by atoms with Crippen molar-refractivity contribution in [2.45, 2.75) is 18.7 Å². The molecule has 0 saturated heterocycles. The highest BCUT2D eigenvalue weighted by Gasteiger charge is 2.14. The number of benzene rings is 1. The van der Waals surface area contributed by atoms with Crippen LogP contribution >= 0.6 is 0 Å². The van der Waals surface area contributed by atoms with Crippen LogP contribution in [-0.2, 0) is 10.0 Å². The van der Waals surface area contributed by atoms with E-state index in [0.717, 1.165) is 5.69 Å². The summed E-state index contributed by atoms with van der Waals surface area (Å²) in [5.41, 5.74) is 1.65. The Balaban J connectivity index is 2.28. The van der Waals surface area contributed by atoms with Gasteiger partial charge in [-0.05, 0) is 38.1 Å². The fourth-order valence-electron chi connectivity index (χ4n) is 1.69. The Morgan fingerprint density at radius 1 is 1.15 bits per heavy atom. The van der Waals surface area contributed by atoms with Gasteiger partial charge in [0, 0.05) is 17.5 Å². The van der Waals surface area contributed by atoms with Crippen molar-refractivity contribution in [3.05, 3.63) is 53.9 Å². The van der Waals surface area contributed by atoms with Crippen LogP contribution in [0.4, 0.5) is 5.69 Å². The van der Waals surface area contributed by atoms with Crippen LogP contribution in [0.25, 0.3) is 0 Å². The minimum atomic E-state index is -3.66. The molecule has 6 heteroatoms. The van der Waals surface area contributed by atoms with Crippen molar-refractivity contribution in [1.29, 1.82) is 0 Å². The summed E-state index contributed by atoms with van der Waals surface area (Å²) in [4.78, 5) is 15.3. The predicted molar refractivity (Wildman–Crippen MR) is 76.2 cm³/mol. The molecule has 1 heterocycles. The number of aromatic nitrogens is 1. The van der Waals surface area contributed by atoms with Crippen LogP contribution in [0.1, 0.15) is 23.0 Å². The molecule has 104 valence electrons. The van der Waals surface area contributed by atoms with Gasteiger partial charge in [-0.15, -0.1) is 0 Å². The zero-order valence-corrected chi connectivity index (χ0v) is 11.9. The van der Waals surface area contributed by atoms with E-state index in [1.165, 1.54) is 37.4 Å². The molecular weight excluding hydrogens is 276 g/mol. The molecule has 0 bridgehead atoms. The third kappa shape index (κ3) is 3.21. The Bertz CT molecular complexity index is 737. The number of ketones is 1. The lowest BCUT2D eigenvalue weighted by molar-refractivity contribution is 0.101. The van der Waals surface area contributed by atoms with Crippen LogP contribution in [0, 0.1) is 6.92 Å². The second-order valence-electron chi connectivity index (χ2n) is 4.37. The molecule has 0 amide bonds. The fourth-order valence-corrected chi connectivity index (χ4v) is 2.74. The summed E-state index contributed by atoms with van der Waals surface area (Å²) >= 11 is 0. The maximum Gasteiger partial charge on any atom is 0.261 e.